The van der Waals surface area contributed by atoms with E-state index in [1.807, 2.05) is 27.7 Å². The molecule has 0 atom stereocenters. The number of carbonyl (C=O) groups excluding carboxylic acids is 1. The van der Waals surface area contributed by atoms with Crippen molar-refractivity contribution in [3.63, 3.8) is 0 Å². The number of methoxy groups -OCH3 is 1. The summed E-state index contributed by atoms with van der Waals surface area (Å²) in [6.45, 7) is 7.60. The second kappa shape index (κ2) is 9.69. The van der Waals surface area contributed by atoms with E-state index in [4.69, 9.17) is 19.9 Å². The molecular formula is C23H25N5O6. The van der Waals surface area contributed by atoms with E-state index in [0.717, 1.165) is 5.56 Å². The Balaban J connectivity index is 1.97. The van der Waals surface area contributed by atoms with Crippen LogP contribution in [0.4, 0.5) is 10.5 Å². The van der Waals surface area contributed by atoms with Gasteiger partial charge in [-0.15, -0.1) is 0 Å². The van der Waals surface area contributed by atoms with Crippen LogP contribution in [0.25, 0.3) is 11.4 Å². The second-order valence-corrected chi connectivity index (χ2v) is 8.48. The van der Waals surface area contributed by atoms with Crippen LogP contribution in [-0.4, -0.2) is 33.1 Å². The lowest BCUT2D eigenvalue weighted by Gasteiger charge is -2.21. The molecule has 1 amide bonds. The van der Waals surface area contributed by atoms with Crippen LogP contribution < -0.4 is 19.9 Å². The molecule has 0 saturated carbocycles. The monoisotopic (exact) mass is 467 g/mol. The summed E-state index contributed by atoms with van der Waals surface area (Å²) < 4.78 is 16.2. The van der Waals surface area contributed by atoms with E-state index in [2.05, 4.69) is 15.0 Å². The van der Waals surface area contributed by atoms with Crippen LogP contribution in [0.2, 0.25) is 0 Å². The molecule has 0 saturated heterocycles. The number of aryl methyl sites for hydroxylation is 1. The van der Waals surface area contributed by atoms with Crippen molar-refractivity contribution in [2.75, 3.05) is 7.11 Å². The van der Waals surface area contributed by atoms with Crippen molar-refractivity contribution in [3.05, 3.63) is 63.6 Å². The smallest absolute Gasteiger partial charge is 0.411 e. The number of nitrogens with two attached hydrogens (primary N) is 1. The zero-order valence-corrected chi connectivity index (χ0v) is 19.5. The molecule has 3 aromatic rings. The number of amides is 1. The topological polar surface area (TPSA) is 153 Å². The van der Waals surface area contributed by atoms with Gasteiger partial charge in [0, 0.05) is 18.0 Å². The van der Waals surface area contributed by atoms with Gasteiger partial charge in [0.15, 0.2) is 5.82 Å². The minimum Gasteiger partial charge on any atom is -0.490 e. The molecule has 0 aliphatic rings. The molecule has 0 fully saturated rings. The molecule has 0 bridgehead atoms. The summed E-state index contributed by atoms with van der Waals surface area (Å²) >= 11 is 0. The standard InChI is InChI=1S/C23H25N5O6/c1-13-10-25-20(26-11-13)16-8-15(9-18(28(30)31)19(16)32-5)33-12-14-6-7-17(23(2,3)4)21(27-14)34-22(24)29/h6-11H,12H2,1-5H3,(H2,24,29). The van der Waals surface area contributed by atoms with Gasteiger partial charge in [-0.25, -0.2) is 19.7 Å². The third-order valence-corrected chi connectivity index (χ3v) is 4.78. The number of ether oxygens (including phenoxy) is 3. The number of primary amides is 1. The van der Waals surface area contributed by atoms with Crippen molar-refractivity contribution >= 4 is 11.8 Å². The first-order valence-corrected chi connectivity index (χ1v) is 10.3. The molecule has 178 valence electrons. The number of nitro benzene ring substituents is 1. The Hall–Kier alpha value is -4.28. The Morgan fingerprint density at radius 2 is 1.85 bits per heavy atom. The maximum Gasteiger partial charge on any atom is 0.411 e. The molecule has 0 unspecified atom stereocenters. The lowest BCUT2D eigenvalue weighted by atomic mass is 9.87. The van der Waals surface area contributed by atoms with Gasteiger partial charge in [0.05, 0.1) is 29.4 Å². The lowest BCUT2D eigenvalue weighted by molar-refractivity contribution is -0.385. The summed E-state index contributed by atoms with van der Waals surface area (Å²) in [6, 6.07) is 6.30. The summed E-state index contributed by atoms with van der Waals surface area (Å²) in [4.78, 5) is 35.3. The molecule has 11 heteroatoms. The Kier molecular flexibility index (Phi) is 6.94. The maximum absolute atomic E-state index is 11.7. The molecule has 3 rings (SSSR count). The number of rotatable bonds is 7. The molecular weight excluding hydrogens is 442 g/mol. The van der Waals surface area contributed by atoms with Crippen LogP contribution in [0, 0.1) is 17.0 Å². The highest BCUT2D eigenvalue weighted by molar-refractivity contribution is 5.73. The van der Waals surface area contributed by atoms with Crippen LogP contribution in [0.15, 0.2) is 36.7 Å². The molecule has 1 aromatic carbocycles. The highest BCUT2D eigenvalue weighted by atomic mass is 16.6. The maximum atomic E-state index is 11.7. The van der Waals surface area contributed by atoms with Crippen LogP contribution in [0.3, 0.4) is 0 Å². The van der Waals surface area contributed by atoms with E-state index in [0.29, 0.717) is 16.8 Å². The van der Waals surface area contributed by atoms with Gasteiger partial charge in [0.25, 0.3) is 0 Å². The zero-order chi connectivity index (χ0) is 25.0. The Labute approximate surface area is 196 Å². The molecule has 0 aliphatic heterocycles. The molecule has 11 nitrogen and oxygen atoms in total. The van der Waals surface area contributed by atoms with Crippen LogP contribution in [0.1, 0.15) is 37.6 Å². The number of hydrogen-bond acceptors (Lipinski definition) is 9. The summed E-state index contributed by atoms with van der Waals surface area (Å²) in [5.41, 5.74) is 6.79. The summed E-state index contributed by atoms with van der Waals surface area (Å²) in [6.07, 6.45) is 2.22. The highest BCUT2D eigenvalue weighted by Gasteiger charge is 2.25. The molecule has 2 aromatic heterocycles. The van der Waals surface area contributed by atoms with E-state index < -0.39 is 11.0 Å². The van der Waals surface area contributed by atoms with Gasteiger partial charge in [-0.05, 0) is 30.0 Å². The minimum absolute atomic E-state index is 0.0194. The van der Waals surface area contributed by atoms with Crippen molar-refractivity contribution in [1.82, 2.24) is 15.0 Å². The molecule has 2 N–H and O–H groups in total. The molecule has 0 radical (unpaired) electrons. The summed E-state index contributed by atoms with van der Waals surface area (Å²) in [7, 11) is 1.33. The van der Waals surface area contributed by atoms with Crippen molar-refractivity contribution in [3.8, 4) is 28.8 Å². The van der Waals surface area contributed by atoms with E-state index in [-0.39, 0.29) is 40.9 Å². The fraction of sp³-hybridized carbons (Fsp3) is 0.304. The predicted octanol–water partition coefficient (Wildman–Crippen LogP) is 4.10. The van der Waals surface area contributed by atoms with E-state index in [1.54, 1.807) is 30.6 Å². The first-order valence-electron chi connectivity index (χ1n) is 10.3. The number of nitro groups is 1. The van der Waals surface area contributed by atoms with Crippen molar-refractivity contribution in [1.29, 1.82) is 0 Å². The van der Waals surface area contributed by atoms with Crippen molar-refractivity contribution < 1.29 is 23.9 Å². The normalized spacial score (nSPS) is 11.1. The first-order chi connectivity index (χ1) is 16.0. The average Bonchev–Trinajstić information content (AvgIpc) is 2.76. The molecule has 34 heavy (non-hydrogen) atoms. The number of carbonyl (C=O) groups is 1. The van der Waals surface area contributed by atoms with Crippen molar-refractivity contribution in [2.24, 2.45) is 5.73 Å². The second-order valence-electron chi connectivity index (χ2n) is 8.48. The van der Waals surface area contributed by atoms with Crippen LogP contribution in [0.5, 0.6) is 17.4 Å². The number of aromatic nitrogens is 3. The van der Waals surface area contributed by atoms with Gasteiger partial charge in [-0.3, -0.25) is 10.1 Å². The Morgan fingerprint density at radius 1 is 1.18 bits per heavy atom. The SMILES string of the molecule is COc1c(-c2ncc(C)cn2)cc(OCc2ccc(C(C)(C)C)c(OC(N)=O)n2)cc1[N+](=O)[O-]. The third kappa shape index (κ3) is 5.55. The van der Waals surface area contributed by atoms with E-state index in [1.165, 1.54) is 13.2 Å². The van der Waals surface area contributed by atoms with Gasteiger partial charge < -0.3 is 19.9 Å². The van der Waals surface area contributed by atoms with Crippen LogP contribution in [-0.2, 0) is 12.0 Å². The predicted molar refractivity (Wildman–Crippen MR) is 123 cm³/mol. The lowest BCUT2D eigenvalue weighted by Crippen LogP contribution is -2.22. The average molecular weight is 467 g/mol. The van der Waals surface area contributed by atoms with Gasteiger partial charge in [-0.2, -0.15) is 0 Å². The largest absolute Gasteiger partial charge is 0.490 e. The number of pyridine rings is 1. The highest BCUT2D eigenvalue weighted by Crippen LogP contribution is 2.40. The summed E-state index contributed by atoms with van der Waals surface area (Å²) in [5.74, 6) is 0.535. The van der Waals surface area contributed by atoms with Gasteiger partial charge >= 0.3 is 11.8 Å². The number of nitrogens with zero attached hydrogens (tertiary/aromatic N) is 4. The number of benzene rings is 1. The van der Waals surface area contributed by atoms with Crippen molar-refractivity contribution in [2.45, 2.75) is 39.7 Å². The third-order valence-electron chi connectivity index (χ3n) is 4.78. The zero-order valence-electron chi connectivity index (χ0n) is 19.5. The van der Waals surface area contributed by atoms with Gasteiger partial charge in [0.2, 0.25) is 11.6 Å². The van der Waals surface area contributed by atoms with Gasteiger partial charge in [-0.1, -0.05) is 26.8 Å². The Bertz CT molecular complexity index is 1220. The molecule has 2 heterocycles. The van der Waals surface area contributed by atoms with Crippen LogP contribution >= 0.6 is 0 Å². The van der Waals surface area contributed by atoms with E-state index in [9.17, 15) is 14.9 Å². The Morgan fingerprint density at radius 3 is 2.41 bits per heavy atom. The first kappa shape index (κ1) is 24.4. The number of hydrogen-bond donors (Lipinski definition) is 1. The summed E-state index contributed by atoms with van der Waals surface area (Å²) in [5, 5.41) is 11.7. The molecule has 0 spiro atoms. The quantitative estimate of drug-likeness (QED) is 0.400. The minimum atomic E-state index is -0.982. The fourth-order valence-electron chi connectivity index (χ4n) is 3.18. The van der Waals surface area contributed by atoms with E-state index >= 15 is 0 Å². The van der Waals surface area contributed by atoms with Gasteiger partial charge in [0.1, 0.15) is 12.4 Å². The fourth-order valence-corrected chi connectivity index (χ4v) is 3.18. The molecule has 0 aliphatic carbocycles.